The van der Waals surface area contributed by atoms with E-state index in [4.69, 9.17) is 5.10 Å². The highest BCUT2D eigenvalue weighted by molar-refractivity contribution is 7.20. The van der Waals surface area contributed by atoms with Crippen LogP contribution in [0.25, 0.3) is 4.96 Å². The SMILES string of the molecule is Cc1cn2nc(N3CCC(C4CCCCCN4C(=O)NC(C)C)CC3)sc2n1. The van der Waals surface area contributed by atoms with Crippen LogP contribution >= 0.6 is 11.3 Å². The smallest absolute Gasteiger partial charge is 0.317 e. The second-order valence-electron chi connectivity index (χ2n) is 8.53. The maximum atomic E-state index is 12.8. The summed E-state index contributed by atoms with van der Waals surface area (Å²) in [6.45, 7) is 8.99. The van der Waals surface area contributed by atoms with Gasteiger partial charge in [0.25, 0.3) is 0 Å². The first-order valence-corrected chi connectivity index (χ1v) is 11.5. The zero-order valence-corrected chi connectivity index (χ0v) is 18.0. The third kappa shape index (κ3) is 4.11. The molecule has 2 aromatic rings. The molecule has 154 valence electrons. The number of nitrogens with one attached hydrogen (secondary N) is 1. The molecule has 1 N–H and O–H groups in total. The average molecular weight is 405 g/mol. The number of carbonyl (C=O) groups excluding carboxylic acids is 1. The molecule has 1 unspecified atom stereocenters. The fourth-order valence-electron chi connectivity index (χ4n) is 4.61. The fraction of sp³-hybridized carbons (Fsp3) is 0.750. The summed E-state index contributed by atoms with van der Waals surface area (Å²) in [6, 6.07) is 0.686. The van der Waals surface area contributed by atoms with Crippen LogP contribution in [0.5, 0.6) is 0 Å². The molecule has 2 aliphatic rings. The molecule has 2 amide bonds. The quantitative estimate of drug-likeness (QED) is 0.847. The largest absolute Gasteiger partial charge is 0.347 e. The third-order valence-corrected chi connectivity index (χ3v) is 6.96. The van der Waals surface area contributed by atoms with Gasteiger partial charge in [0.05, 0.1) is 11.9 Å². The van der Waals surface area contributed by atoms with Gasteiger partial charge in [0.2, 0.25) is 10.1 Å². The molecule has 0 aliphatic carbocycles. The normalized spacial score (nSPS) is 22.1. The topological polar surface area (TPSA) is 65.8 Å². The van der Waals surface area contributed by atoms with E-state index in [1.807, 2.05) is 31.5 Å². The van der Waals surface area contributed by atoms with Crippen molar-refractivity contribution in [1.29, 1.82) is 0 Å². The van der Waals surface area contributed by atoms with Gasteiger partial charge in [-0.25, -0.2) is 14.3 Å². The standard InChI is InChI=1S/C20H32N6OS/c1-14(2)21-18(27)25-10-6-4-5-7-17(25)16-8-11-24(12-9-16)20-23-26-13-15(3)22-19(26)28-20/h13-14,16-17H,4-12H2,1-3H3,(H,21,27). The minimum absolute atomic E-state index is 0.126. The van der Waals surface area contributed by atoms with Crippen molar-refractivity contribution in [3.05, 3.63) is 11.9 Å². The summed E-state index contributed by atoms with van der Waals surface area (Å²) in [4.78, 5) is 22.8. The van der Waals surface area contributed by atoms with Crippen LogP contribution in [0.15, 0.2) is 6.20 Å². The highest BCUT2D eigenvalue weighted by atomic mass is 32.1. The van der Waals surface area contributed by atoms with E-state index in [1.54, 1.807) is 11.3 Å². The van der Waals surface area contributed by atoms with Crippen molar-refractivity contribution in [3.8, 4) is 0 Å². The molecule has 0 aromatic carbocycles. The Kier molecular flexibility index (Phi) is 5.75. The number of hydrogen-bond donors (Lipinski definition) is 1. The van der Waals surface area contributed by atoms with E-state index in [1.165, 1.54) is 12.8 Å². The number of amides is 2. The van der Waals surface area contributed by atoms with E-state index in [-0.39, 0.29) is 12.1 Å². The number of carbonyl (C=O) groups is 1. The zero-order valence-electron chi connectivity index (χ0n) is 17.2. The number of anilines is 1. The Morgan fingerprint density at radius 3 is 2.68 bits per heavy atom. The van der Waals surface area contributed by atoms with Crippen LogP contribution in [0.1, 0.15) is 58.1 Å². The van der Waals surface area contributed by atoms with Gasteiger partial charge in [-0.2, -0.15) is 0 Å². The fourth-order valence-corrected chi connectivity index (χ4v) is 5.59. The summed E-state index contributed by atoms with van der Waals surface area (Å²) >= 11 is 1.67. The third-order valence-electron chi connectivity index (χ3n) is 5.98. The molecule has 0 radical (unpaired) electrons. The Hall–Kier alpha value is -1.83. The van der Waals surface area contributed by atoms with Gasteiger partial charge in [0, 0.05) is 31.7 Å². The van der Waals surface area contributed by atoms with Crippen LogP contribution in [0.2, 0.25) is 0 Å². The maximum absolute atomic E-state index is 12.8. The van der Waals surface area contributed by atoms with Crippen molar-refractivity contribution in [2.45, 2.75) is 71.4 Å². The van der Waals surface area contributed by atoms with E-state index in [0.29, 0.717) is 12.0 Å². The Morgan fingerprint density at radius 1 is 1.18 bits per heavy atom. The van der Waals surface area contributed by atoms with Gasteiger partial charge in [-0.05, 0) is 52.4 Å². The van der Waals surface area contributed by atoms with Crippen LogP contribution in [-0.2, 0) is 0 Å². The highest BCUT2D eigenvalue weighted by Gasteiger charge is 2.34. The number of nitrogens with zero attached hydrogens (tertiary/aromatic N) is 5. The molecule has 0 spiro atoms. The van der Waals surface area contributed by atoms with Crippen molar-refractivity contribution in [3.63, 3.8) is 0 Å². The first-order valence-electron chi connectivity index (χ1n) is 10.7. The van der Waals surface area contributed by atoms with Crippen molar-refractivity contribution in [1.82, 2.24) is 24.8 Å². The first kappa shape index (κ1) is 19.5. The van der Waals surface area contributed by atoms with E-state index in [2.05, 4.69) is 20.1 Å². The Labute approximate surface area is 171 Å². The first-order chi connectivity index (χ1) is 13.5. The van der Waals surface area contributed by atoms with Gasteiger partial charge >= 0.3 is 6.03 Å². The van der Waals surface area contributed by atoms with Crippen molar-refractivity contribution in [2.75, 3.05) is 24.5 Å². The molecular formula is C20H32N6OS. The molecule has 1 atom stereocenters. The molecule has 0 bridgehead atoms. The predicted octanol–water partition coefficient (Wildman–Crippen LogP) is 3.68. The van der Waals surface area contributed by atoms with Crippen molar-refractivity contribution in [2.24, 2.45) is 5.92 Å². The summed E-state index contributed by atoms with van der Waals surface area (Å²) in [5.74, 6) is 0.582. The van der Waals surface area contributed by atoms with E-state index >= 15 is 0 Å². The van der Waals surface area contributed by atoms with E-state index in [0.717, 1.165) is 61.1 Å². The van der Waals surface area contributed by atoms with Crippen LogP contribution in [-0.4, -0.2) is 57.2 Å². The lowest BCUT2D eigenvalue weighted by atomic mass is 9.86. The monoisotopic (exact) mass is 404 g/mol. The molecular weight excluding hydrogens is 372 g/mol. The molecule has 2 aliphatic heterocycles. The highest BCUT2D eigenvalue weighted by Crippen LogP contribution is 2.33. The summed E-state index contributed by atoms with van der Waals surface area (Å²) in [7, 11) is 0. The Bertz CT molecular complexity index is 775. The Morgan fingerprint density at radius 2 is 1.96 bits per heavy atom. The lowest BCUT2D eigenvalue weighted by Crippen LogP contribution is -2.52. The molecule has 7 nitrogen and oxygen atoms in total. The van der Waals surface area contributed by atoms with Crippen molar-refractivity contribution >= 4 is 27.5 Å². The van der Waals surface area contributed by atoms with Gasteiger partial charge in [0.1, 0.15) is 0 Å². The second kappa shape index (κ2) is 8.27. The van der Waals surface area contributed by atoms with E-state index in [9.17, 15) is 4.79 Å². The van der Waals surface area contributed by atoms with Gasteiger partial charge in [-0.15, -0.1) is 5.10 Å². The predicted molar refractivity (Wildman–Crippen MR) is 113 cm³/mol. The number of fused-ring (bicyclic) bond motifs is 1. The number of rotatable bonds is 3. The van der Waals surface area contributed by atoms with Gasteiger partial charge in [0.15, 0.2) is 0 Å². The van der Waals surface area contributed by atoms with Crippen LogP contribution < -0.4 is 10.2 Å². The molecule has 2 fully saturated rings. The zero-order chi connectivity index (χ0) is 19.7. The number of piperidine rings is 1. The number of aromatic nitrogens is 3. The number of hydrogen-bond acceptors (Lipinski definition) is 5. The second-order valence-corrected chi connectivity index (χ2v) is 9.47. The summed E-state index contributed by atoms with van der Waals surface area (Å²) in [5, 5.41) is 8.89. The van der Waals surface area contributed by atoms with Crippen LogP contribution in [0.4, 0.5) is 9.93 Å². The molecule has 2 aromatic heterocycles. The number of urea groups is 1. The van der Waals surface area contributed by atoms with Crippen LogP contribution in [0, 0.1) is 12.8 Å². The van der Waals surface area contributed by atoms with Gasteiger partial charge in [-0.3, -0.25) is 0 Å². The van der Waals surface area contributed by atoms with Gasteiger partial charge < -0.3 is 15.1 Å². The van der Waals surface area contributed by atoms with Gasteiger partial charge in [-0.1, -0.05) is 24.2 Å². The number of imidazole rings is 1. The lowest BCUT2D eigenvalue weighted by molar-refractivity contribution is 0.135. The molecule has 4 rings (SSSR count). The average Bonchev–Trinajstić information content (AvgIpc) is 3.08. The summed E-state index contributed by atoms with van der Waals surface area (Å²) in [5.41, 5.74) is 1.01. The number of likely N-dealkylation sites (tertiary alicyclic amines) is 1. The van der Waals surface area contributed by atoms with Crippen LogP contribution in [0.3, 0.4) is 0 Å². The minimum atomic E-state index is 0.126. The molecule has 2 saturated heterocycles. The number of aryl methyl sites for hydroxylation is 1. The minimum Gasteiger partial charge on any atom is -0.347 e. The maximum Gasteiger partial charge on any atom is 0.317 e. The molecule has 4 heterocycles. The summed E-state index contributed by atoms with van der Waals surface area (Å²) in [6.07, 6.45) is 8.96. The molecule has 8 heteroatoms. The molecule has 28 heavy (non-hydrogen) atoms. The lowest BCUT2D eigenvalue weighted by Gasteiger charge is -2.40. The van der Waals surface area contributed by atoms with Crippen molar-refractivity contribution < 1.29 is 4.79 Å². The Balaban J connectivity index is 1.41. The molecule has 0 saturated carbocycles. The van der Waals surface area contributed by atoms with E-state index < -0.39 is 0 Å². The summed E-state index contributed by atoms with van der Waals surface area (Å²) < 4.78 is 1.89.